The molecule has 0 heterocycles. The lowest BCUT2D eigenvalue weighted by Gasteiger charge is -2.21. The molecule has 0 amide bonds. The highest BCUT2D eigenvalue weighted by molar-refractivity contribution is 5.74. The summed E-state index contributed by atoms with van der Waals surface area (Å²) in [6.45, 7) is 12.7. The predicted octanol–water partition coefficient (Wildman–Crippen LogP) is 3.59. The second-order valence-corrected chi connectivity index (χ2v) is 5.79. The third kappa shape index (κ3) is 5.62. The van der Waals surface area contributed by atoms with Crippen LogP contribution in [-0.4, -0.2) is 6.29 Å². The van der Waals surface area contributed by atoms with Gasteiger partial charge in [0.25, 0.3) is 0 Å². The van der Waals surface area contributed by atoms with E-state index >= 15 is 0 Å². The van der Waals surface area contributed by atoms with Crippen molar-refractivity contribution >= 4 is 6.29 Å². The Bertz CT molecular complexity index is 198. The normalized spacial score (nSPS) is 14.5. The Balaban J connectivity index is 4.52. The fourth-order valence-electron chi connectivity index (χ4n) is 0.947. The highest BCUT2D eigenvalue weighted by atomic mass is 16.1. The highest BCUT2D eigenvalue weighted by Gasteiger charge is 2.17. The van der Waals surface area contributed by atoms with Crippen molar-refractivity contribution < 1.29 is 4.79 Å². The molecule has 0 saturated heterocycles. The SMILES string of the molecule is CC(C)(C)CC=C(C=O)C(C)(C)C. The van der Waals surface area contributed by atoms with Gasteiger partial charge in [-0.3, -0.25) is 4.79 Å². The third-order valence-corrected chi connectivity index (χ3v) is 1.93. The van der Waals surface area contributed by atoms with Gasteiger partial charge in [0.2, 0.25) is 0 Å². The van der Waals surface area contributed by atoms with Crippen LogP contribution in [0.3, 0.4) is 0 Å². The van der Waals surface area contributed by atoms with Crippen LogP contribution < -0.4 is 0 Å². The minimum Gasteiger partial charge on any atom is -0.298 e. The van der Waals surface area contributed by atoms with Crippen LogP contribution in [0, 0.1) is 10.8 Å². The summed E-state index contributed by atoms with van der Waals surface area (Å²) in [5.74, 6) is 0. The number of rotatable bonds is 2. The molecule has 0 N–H and O–H groups in total. The molecule has 76 valence electrons. The van der Waals surface area contributed by atoms with E-state index in [9.17, 15) is 4.79 Å². The number of hydrogen-bond acceptors (Lipinski definition) is 1. The van der Waals surface area contributed by atoms with Crippen LogP contribution in [-0.2, 0) is 4.79 Å². The minimum atomic E-state index is -0.0208. The standard InChI is InChI=1S/C12H22O/c1-11(2,3)8-7-10(9-13)12(4,5)6/h7,9H,8H2,1-6H3. The smallest absolute Gasteiger partial charge is 0.146 e. The Labute approximate surface area is 82.2 Å². The van der Waals surface area contributed by atoms with Gasteiger partial charge in [0.05, 0.1) is 0 Å². The molecule has 0 fully saturated rings. The molecule has 0 bridgehead atoms. The molecule has 1 heteroatoms. The van der Waals surface area contributed by atoms with E-state index in [0.717, 1.165) is 18.3 Å². The molecule has 0 aliphatic rings. The zero-order chi connectivity index (χ0) is 10.7. The maximum Gasteiger partial charge on any atom is 0.146 e. The number of hydrogen-bond donors (Lipinski definition) is 0. The van der Waals surface area contributed by atoms with Gasteiger partial charge in [0.1, 0.15) is 6.29 Å². The first kappa shape index (κ1) is 12.4. The molecule has 0 unspecified atom stereocenters. The molecule has 0 spiro atoms. The summed E-state index contributed by atoms with van der Waals surface area (Å²) in [6, 6.07) is 0. The van der Waals surface area contributed by atoms with Gasteiger partial charge in [0, 0.05) is 0 Å². The lowest BCUT2D eigenvalue weighted by Crippen LogP contribution is -2.12. The van der Waals surface area contributed by atoms with Crippen LogP contribution >= 0.6 is 0 Å². The van der Waals surface area contributed by atoms with Crippen LogP contribution in [0.5, 0.6) is 0 Å². The van der Waals surface area contributed by atoms with Crippen molar-refractivity contribution in [3.63, 3.8) is 0 Å². The molecule has 0 aromatic carbocycles. The molecule has 0 aromatic heterocycles. The first-order valence-electron chi connectivity index (χ1n) is 4.82. The zero-order valence-electron chi connectivity index (χ0n) is 9.77. The van der Waals surface area contributed by atoms with Gasteiger partial charge in [-0.15, -0.1) is 0 Å². The van der Waals surface area contributed by atoms with E-state index < -0.39 is 0 Å². The van der Waals surface area contributed by atoms with Crippen molar-refractivity contribution in [3.8, 4) is 0 Å². The van der Waals surface area contributed by atoms with Gasteiger partial charge < -0.3 is 0 Å². The van der Waals surface area contributed by atoms with E-state index in [-0.39, 0.29) is 10.8 Å². The number of aldehydes is 1. The molecule has 13 heavy (non-hydrogen) atoms. The van der Waals surface area contributed by atoms with E-state index in [1.165, 1.54) is 0 Å². The van der Waals surface area contributed by atoms with Crippen LogP contribution in [0.2, 0.25) is 0 Å². The molecular weight excluding hydrogens is 160 g/mol. The molecule has 1 nitrogen and oxygen atoms in total. The zero-order valence-corrected chi connectivity index (χ0v) is 9.77. The molecule has 0 radical (unpaired) electrons. The Hall–Kier alpha value is -0.590. The van der Waals surface area contributed by atoms with E-state index in [2.05, 4.69) is 47.6 Å². The van der Waals surface area contributed by atoms with Crippen LogP contribution in [0.15, 0.2) is 11.6 Å². The van der Waals surface area contributed by atoms with Gasteiger partial charge in [-0.1, -0.05) is 47.6 Å². The lowest BCUT2D eigenvalue weighted by molar-refractivity contribution is -0.105. The fraction of sp³-hybridized carbons (Fsp3) is 0.750. The van der Waals surface area contributed by atoms with Crippen LogP contribution in [0.25, 0.3) is 0 Å². The summed E-state index contributed by atoms with van der Waals surface area (Å²) < 4.78 is 0. The summed E-state index contributed by atoms with van der Waals surface area (Å²) in [6.07, 6.45) is 4.00. The van der Waals surface area contributed by atoms with Gasteiger partial charge in [-0.2, -0.15) is 0 Å². The Kier molecular flexibility index (Phi) is 3.89. The quantitative estimate of drug-likeness (QED) is 0.471. The van der Waals surface area contributed by atoms with Crippen molar-refractivity contribution in [2.75, 3.05) is 0 Å². The third-order valence-electron chi connectivity index (χ3n) is 1.93. The topological polar surface area (TPSA) is 17.1 Å². The second kappa shape index (κ2) is 4.08. The summed E-state index contributed by atoms with van der Waals surface area (Å²) in [5, 5.41) is 0. The number of allylic oxidation sites excluding steroid dienone is 2. The first-order chi connectivity index (χ1) is 5.67. The summed E-state index contributed by atoms with van der Waals surface area (Å²) in [5.41, 5.74) is 1.15. The maximum absolute atomic E-state index is 10.8. The monoisotopic (exact) mass is 182 g/mol. The Morgan fingerprint density at radius 1 is 1.08 bits per heavy atom. The molecule has 0 aromatic rings. The van der Waals surface area contributed by atoms with Crippen molar-refractivity contribution in [2.45, 2.75) is 48.0 Å². The largest absolute Gasteiger partial charge is 0.298 e. The maximum atomic E-state index is 10.8. The fourth-order valence-corrected chi connectivity index (χ4v) is 0.947. The molecule has 0 rings (SSSR count). The van der Waals surface area contributed by atoms with Crippen molar-refractivity contribution in [1.82, 2.24) is 0 Å². The minimum absolute atomic E-state index is 0.0208. The van der Waals surface area contributed by atoms with Crippen LogP contribution in [0.4, 0.5) is 0 Å². The summed E-state index contributed by atoms with van der Waals surface area (Å²) >= 11 is 0. The van der Waals surface area contributed by atoms with Crippen LogP contribution in [0.1, 0.15) is 48.0 Å². The van der Waals surface area contributed by atoms with E-state index in [0.29, 0.717) is 0 Å². The first-order valence-corrected chi connectivity index (χ1v) is 4.82. The van der Waals surface area contributed by atoms with Crippen molar-refractivity contribution in [2.24, 2.45) is 10.8 Å². The molecule has 0 aliphatic carbocycles. The van der Waals surface area contributed by atoms with Gasteiger partial charge in [-0.25, -0.2) is 0 Å². The average Bonchev–Trinajstić information content (AvgIpc) is 1.82. The molecular formula is C12H22O. The van der Waals surface area contributed by atoms with Gasteiger partial charge >= 0.3 is 0 Å². The predicted molar refractivity (Wildman–Crippen MR) is 57.7 cm³/mol. The van der Waals surface area contributed by atoms with E-state index in [1.54, 1.807) is 0 Å². The Morgan fingerprint density at radius 2 is 1.54 bits per heavy atom. The number of carbonyl (C=O) groups excluding carboxylic acids is 1. The van der Waals surface area contributed by atoms with Crippen molar-refractivity contribution in [1.29, 1.82) is 0 Å². The second-order valence-electron chi connectivity index (χ2n) is 5.79. The highest BCUT2D eigenvalue weighted by Crippen LogP contribution is 2.27. The molecule has 0 aliphatic heterocycles. The summed E-state index contributed by atoms with van der Waals surface area (Å²) in [7, 11) is 0. The van der Waals surface area contributed by atoms with E-state index in [1.807, 2.05) is 0 Å². The molecule has 0 atom stereocenters. The summed E-state index contributed by atoms with van der Waals surface area (Å²) in [4.78, 5) is 10.8. The molecule has 0 saturated carbocycles. The van der Waals surface area contributed by atoms with E-state index in [4.69, 9.17) is 0 Å². The number of carbonyl (C=O) groups is 1. The average molecular weight is 182 g/mol. The van der Waals surface area contributed by atoms with Gasteiger partial charge in [0.15, 0.2) is 0 Å². The lowest BCUT2D eigenvalue weighted by atomic mass is 9.83. The Morgan fingerprint density at radius 3 is 1.77 bits per heavy atom. The van der Waals surface area contributed by atoms with Gasteiger partial charge in [-0.05, 0) is 22.8 Å². The van der Waals surface area contributed by atoms with Crippen molar-refractivity contribution in [3.05, 3.63) is 11.6 Å².